The van der Waals surface area contributed by atoms with E-state index in [4.69, 9.17) is 11.6 Å². The second kappa shape index (κ2) is 7.82. The summed E-state index contributed by atoms with van der Waals surface area (Å²) < 4.78 is 27.8. The van der Waals surface area contributed by atoms with E-state index in [1.807, 2.05) is 19.2 Å². The smallest absolute Gasteiger partial charge is 0.269 e. The van der Waals surface area contributed by atoms with E-state index in [0.717, 1.165) is 10.9 Å². The SMILES string of the molecule is CNCc1cn(S(=O)(=O)c2cccnc2)c2cc(Nc3ccncc3Cl)ccc12. The Morgan fingerprint density at radius 2 is 1.93 bits per heavy atom. The lowest BCUT2D eigenvalue weighted by Gasteiger charge is -2.10. The predicted molar refractivity (Wildman–Crippen MR) is 114 cm³/mol. The number of rotatable bonds is 6. The van der Waals surface area contributed by atoms with Gasteiger partial charge in [-0.2, -0.15) is 0 Å². The monoisotopic (exact) mass is 427 g/mol. The summed E-state index contributed by atoms with van der Waals surface area (Å²) in [5.41, 5.74) is 2.84. The van der Waals surface area contributed by atoms with Crippen LogP contribution in [0.3, 0.4) is 0 Å². The molecule has 0 atom stereocenters. The first-order chi connectivity index (χ1) is 14.0. The zero-order valence-corrected chi connectivity index (χ0v) is 17.1. The Morgan fingerprint density at radius 1 is 1.10 bits per heavy atom. The molecular formula is C20H18ClN5O2S. The van der Waals surface area contributed by atoms with Crippen molar-refractivity contribution in [3.63, 3.8) is 0 Å². The number of hydrogen-bond donors (Lipinski definition) is 2. The van der Waals surface area contributed by atoms with Crippen molar-refractivity contribution < 1.29 is 8.42 Å². The van der Waals surface area contributed by atoms with Gasteiger partial charge in [0.25, 0.3) is 10.0 Å². The summed E-state index contributed by atoms with van der Waals surface area (Å²) in [6, 6.07) is 10.5. The van der Waals surface area contributed by atoms with Crippen LogP contribution >= 0.6 is 11.6 Å². The largest absolute Gasteiger partial charge is 0.354 e. The van der Waals surface area contributed by atoms with Gasteiger partial charge in [-0.25, -0.2) is 12.4 Å². The van der Waals surface area contributed by atoms with Crippen molar-refractivity contribution in [2.24, 2.45) is 0 Å². The highest BCUT2D eigenvalue weighted by Gasteiger charge is 2.21. The van der Waals surface area contributed by atoms with Crippen LogP contribution in [0.25, 0.3) is 10.9 Å². The Labute approximate surface area is 173 Å². The molecule has 29 heavy (non-hydrogen) atoms. The molecule has 0 aliphatic heterocycles. The molecule has 4 aromatic rings. The molecule has 0 unspecified atom stereocenters. The number of halogens is 1. The normalized spacial score (nSPS) is 11.7. The first-order valence-electron chi connectivity index (χ1n) is 8.81. The number of nitrogens with one attached hydrogen (secondary N) is 2. The van der Waals surface area contributed by atoms with E-state index in [2.05, 4.69) is 20.6 Å². The fourth-order valence-corrected chi connectivity index (χ4v) is 4.63. The fraction of sp³-hybridized carbons (Fsp3) is 0.100. The van der Waals surface area contributed by atoms with Gasteiger partial charge in [0, 0.05) is 48.6 Å². The quantitative estimate of drug-likeness (QED) is 0.486. The Hall–Kier alpha value is -2.94. The van der Waals surface area contributed by atoms with Crippen LogP contribution in [0.4, 0.5) is 11.4 Å². The van der Waals surface area contributed by atoms with E-state index in [1.165, 1.54) is 16.2 Å². The van der Waals surface area contributed by atoms with Crippen LogP contribution < -0.4 is 10.6 Å². The Morgan fingerprint density at radius 3 is 2.66 bits per heavy atom. The predicted octanol–water partition coefficient (Wildman–Crippen LogP) is 3.78. The average Bonchev–Trinajstić information content (AvgIpc) is 3.09. The van der Waals surface area contributed by atoms with Crippen molar-refractivity contribution in [3.05, 3.63) is 78.0 Å². The van der Waals surface area contributed by atoms with Gasteiger partial charge in [-0.1, -0.05) is 17.7 Å². The Balaban J connectivity index is 1.86. The molecule has 148 valence electrons. The second-order valence-corrected chi connectivity index (χ2v) is 8.61. The number of hydrogen-bond acceptors (Lipinski definition) is 6. The first kappa shape index (κ1) is 19.4. The molecule has 4 rings (SSSR count). The molecule has 3 heterocycles. The summed E-state index contributed by atoms with van der Waals surface area (Å²) in [5.74, 6) is 0. The van der Waals surface area contributed by atoms with Gasteiger partial charge in [0.05, 0.1) is 16.2 Å². The summed E-state index contributed by atoms with van der Waals surface area (Å²) in [6.07, 6.45) is 7.71. The molecule has 0 amide bonds. The molecule has 0 saturated carbocycles. The van der Waals surface area contributed by atoms with Crippen molar-refractivity contribution in [2.75, 3.05) is 12.4 Å². The number of nitrogens with zero attached hydrogens (tertiary/aromatic N) is 3. The van der Waals surface area contributed by atoms with E-state index >= 15 is 0 Å². The van der Waals surface area contributed by atoms with Crippen LogP contribution in [0.15, 0.2) is 72.3 Å². The second-order valence-electron chi connectivity index (χ2n) is 6.39. The number of anilines is 2. The number of benzene rings is 1. The lowest BCUT2D eigenvalue weighted by Crippen LogP contribution is -2.12. The zero-order chi connectivity index (χ0) is 20.4. The van der Waals surface area contributed by atoms with Crippen molar-refractivity contribution in [1.82, 2.24) is 19.3 Å². The van der Waals surface area contributed by atoms with Gasteiger partial charge in [-0.3, -0.25) is 9.97 Å². The van der Waals surface area contributed by atoms with Crippen molar-refractivity contribution in [1.29, 1.82) is 0 Å². The molecule has 0 aliphatic rings. The summed E-state index contributed by atoms with van der Waals surface area (Å²) in [6.45, 7) is 0.537. The molecule has 0 radical (unpaired) electrons. The molecule has 0 spiro atoms. The summed E-state index contributed by atoms with van der Waals surface area (Å²) >= 11 is 6.18. The molecule has 1 aromatic carbocycles. The maximum atomic E-state index is 13.2. The molecule has 3 aromatic heterocycles. The Kier molecular flexibility index (Phi) is 5.23. The van der Waals surface area contributed by atoms with Gasteiger partial charge in [-0.15, -0.1) is 0 Å². The van der Waals surface area contributed by atoms with Gasteiger partial charge in [0.1, 0.15) is 4.90 Å². The number of aromatic nitrogens is 3. The van der Waals surface area contributed by atoms with E-state index in [0.29, 0.717) is 28.5 Å². The van der Waals surface area contributed by atoms with Gasteiger partial charge in [0.15, 0.2) is 0 Å². The van der Waals surface area contributed by atoms with Crippen LogP contribution in [-0.2, 0) is 16.6 Å². The molecule has 7 nitrogen and oxygen atoms in total. The van der Waals surface area contributed by atoms with Gasteiger partial charge < -0.3 is 10.6 Å². The number of pyridine rings is 2. The van der Waals surface area contributed by atoms with Crippen LogP contribution in [0.5, 0.6) is 0 Å². The van der Waals surface area contributed by atoms with Gasteiger partial charge in [0.2, 0.25) is 0 Å². The molecule has 2 N–H and O–H groups in total. The zero-order valence-electron chi connectivity index (χ0n) is 15.5. The molecule has 0 saturated heterocycles. The fourth-order valence-electron chi connectivity index (χ4n) is 3.12. The van der Waals surface area contributed by atoms with E-state index in [9.17, 15) is 8.42 Å². The summed E-state index contributed by atoms with van der Waals surface area (Å²) in [4.78, 5) is 8.05. The van der Waals surface area contributed by atoms with Crippen LogP contribution in [0, 0.1) is 0 Å². The van der Waals surface area contributed by atoms with Gasteiger partial charge in [-0.05, 0) is 42.9 Å². The summed E-state index contributed by atoms with van der Waals surface area (Å²) in [5, 5.41) is 7.62. The topological polar surface area (TPSA) is 88.9 Å². The highest BCUT2D eigenvalue weighted by atomic mass is 35.5. The minimum Gasteiger partial charge on any atom is -0.354 e. The molecule has 0 aliphatic carbocycles. The average molecular weight is 428 g/mol. The van der Waals surface area contributed by atoms with Crippen LogP contribution in [0.2, 0.25) is 5.02 Å². The Bertz CT molecular complexity index is 1270. The lowest BCUT2D eigenvalue weighted by atomic mass is 10.1. The number of fused-ring (bicyclic) bond motifs is 1. The van der Waals surface area contributed by atoms with Crippen molar-refractivity contribution in [2.45, 2.75) is 11.4 Å². The first-order valence-corrected chi connectivity index (χ1v) is 10.6. The van der Waals surface area contributed by atoms with Crippen molar-refractivity contribution >= 4 is 43.9 Å². The summed E-state index contributed by atoms with van der Waals surface area (Å²) in [7, 11) is -1.98. The lowest BCUT2D eigenvalue weighted by molar-refractivity contribution is 0.588. The molecule has 0 fully saturated rings. The third kappa shape index (κ3) is 3.69. The highest BCUT2D eigenvalue weighted by molar-refractivity contribution is 7.90. The van der Waals surface area contributed by atoms with Crippen LogP contribution in [0.1, 0.15) is 5.56 Å². The minimum atomic E-state index is -3.80. The highest BCUT2D eigenvalue weighted by Crippen LogP contribution is 2.31. The maximum Gasteiger partial charge on any atom is 0.269 e. The standard InChI is InChI=1S/C20H18ClN5O2S/c1-22-10-14-13-26(29(27,28)16-3-2-7-23-11-16)20-9-15(4-5-17(14)20)25-19-6-8-24-12-18(19)21/h2-9,11-13,22H,10H2,1H3,(H,24,25). The van der Waals surface area contributed by atoms with Crippen LogP contribution in [-0.4, -0.2) is 29.4 Å². The van der Waals surface area contributed by atoms with E-state index in [-0.39, 0.29) is 4.90 Å². The molecule has 0 bridgehead atoms. The maximum absolute atomic E-state index is 13.2. The molecule has 9 heteroatoms. The van der Waals surface area contributed by atoms with Crippen molar-refractivity contribution in [3.8, 4) is 0 Å². The minimum absolute atomic E-state index is 0.128. The van der Waals surface area contributed by atoms with E-state index in [1.54, 1.807) is 43.0 Å². The third-order valence-corrected chi connectivity index (χ3v) is 6.42. The molecular weight excluding hydrogens is 410 g/mol. The van der Waals surface area contributed by atoms with Gasteiger partial charge >= 0.3 is 0 Å². The van der Waals surface area contributed by atoms with E-state index < -0.39 is 10.0 Å². The third-order valence-electron chi connectivity index (χ3n) is 4.46.